The molecule has 2 atom stereocenters. The molecule has 2 saturated heterocycles. The summed E-state index contributed by atoms with van der Waals surface area (Å²) in [5, 5.41) is 0. The summed E-state index contributed by atoms with van der Waals surface area (Å²) in [5.74, 6) is 0.529. The van der Waals surface area contributed by atoms with Gasteiger partial charge in [0.1, 0.15) is 0 Å². The summed E-state index contributed by atoms with van der Waals surface area (Å²) >= 11 is 13.2. The maximum atomic E-state index is 13.6. The molecule has 1 aromatic carbocycles. The summed E-state index contributed by atoms with van der Waals surface area (Å²) in [6.07, 6.45) is 4.06. The fourth-order valence-electron chi connectivity index (χ4n) is 6.45. The highest BCUT2D eigenvalue weighted by atomic mass is 79.9. The van der Waals surface area contributed by atoms with Crippen LogP contribution in [0.4, 0.5) is 4.79 Å². The van der Waals surface area contributed by atoms with Crippen molar-refractivity contribution in [1.82, 2.24) is 19.7 Å². The van der Waals surface area contributed by atoms with Gasteiger partial charge in [0.05, 0.1) is 11.7 Å². The number of likely N-dealkylation sites (tertiary alicyclic amines) is 1. The summed E-state index contributed by atoms with van der Waals surface area (Å²) in [6, 6.07) is 14.4. The van der Waals surface area contributed by atoms with Crippen LogP contribution in [0.25, 0.3) is 0 Å². The van der Waals surface area contributed by atoms with Crippen LogP contribution in [0.3, 0.4) is 0 Å². The van der Waals surface area contributed by atoms with E-state index in [-0.39, 0.29) is 29.4 Å². The van der Waals surface area contributed by atoms with Crippen LogP contribution in [0.5, 0.6) is 0 Å². The third-order valence-electron chi connectivity index (χ3n) is 9.85. The Bertz CT molecular complexity index is 7770. The van der Waals surface area contributed by atoms with E-state index in [1.807, 2.05) is 613 Å². The Morgan fingerprint density at radius 3 is 0.798 bits per heavy atom. The molecule has 119 heavy (non-hydrogen) atoms. The number of piperidine rings is 1. The Balaban J connectivity index is 0.000000831. The van der Waals surface area contributed by atoms with Crippen molar-refractivity contribution < 1.29 is 9.59 Å². The van der Waals surface area contributed by atoms with E-state index in [0.29, 0.717) is 32.0 Å². The van der Waals surface area contributed by atoms with Crippen molar-refractivity contribution in [3.8, 4) is 0 Å². The molecule has 3 heterocycles. The highest BCUT2D eigenvalue weighted by Crippen LogP contribution is 2.35. The van der Waals surface area contributed by atoms with Crippen LogP contribution in [-0.2, 0) is 746 Å². The fraction of sp³-hybridized carbons (Fsp3) is 0.536. The molecule has 0 radical (unpaired) electrons. The summed E-state index contributed by atoms with van der Waals surface area (Å²) in [5.41, 5.74) is 7.58. The number of urea groups is 1. The smallest absolute Gasteiger partial charge is 0.314 e. The van der Waals surface area contributed by atoms with E-state index in [9.17, 15) is 9.59 Å². The number of nitrogens with two attached hydrogens (primary N) is 1. The Kier molecular flexibility index (Phi) is 110. The van der Waals surface area contributed by atoms with Crippen molar-refractivity contribution in [3.63, 3.8) is 0 Å². The van der Waals surface area contributed by atoms with Gasteiger partial charge in [0.2, 0.25) is 5.91 Å². The van der Waals surface area contributed by atoms with Gasteiger partial charge < -0.3 is 15.5 Å². The molecule has 2 N–H and O–H groups in total. The topological polar surface area (TPSA) is 82.8 Å². The van der Waals surface area contributed by atoms with Gasteiger partial charge >= 0.3 is 6.03 Å². The Morgan fingerprint density at radius 1 is 0.361 bits per heavy atom. The lowest BCUT2D eigenvalue weighted by Crippen LogP contribution is -2.60. The van der Waals surface area contributed by atoms with E-state index >= 15 is 0 Å². The standard InChI is InChI=1S/C28H38BrN5O2.S83/c1-28(2,3)24-19-33(26(21-7-5-4-6-8-21)23-10-9-22(29)18-31-23)15-16-34(24)25(35)17-20-11-13-32(14-12-20)27(30)36;1-3-5-7-9-11-13-15-17-19-21-23-25-27-29-31-33-35-37-39-41-43-45-47-49-51-53-55-57-59-61-63-65-67-69-71-73-75-77-79-81-83-82-80-78-76-74-72-70-68-66-64-62-60-58-56-54-52-50-48-46-44-42-40-38-36-34-32-30-28-26-24-22-20-18-16-14-12-10-8-6-4-2/h4-10,18,20,24,26H,11-17,19H2,1-3H3,(H2,30,36);/t24-,26?;/m1./s1. The molecule has 0 saturated carbocycles. The van der Waals surface area contributed by atoms with Gasteiger partial charge in [0.25, 0.3) is 0 Å². The first-order valence-corrected chi connectivity index (χ1v) is 137. The first kappa shape index (κ1) is 129. The molecular weight excluding hydrogens is 3180 g/mol. The number of carbonyl (C=O) groups is 2. The van der Waals surface area contributed by atoms with Crippen molar-refractivity contribution in [2.45, 2.75) is 52.1 Å². The van der Waals surface area contributed by atoms with Gasteiger partial charge in [-0.3, -0.25) is 14.7 Å². The third-order valence-corrected chi connectivity index (χ3v) is 188. The lowest BCUT2D eigenvalue weighted by molar-refractivity contribution is -0.141. The zero-order valence-corrected chi connectivity index (χ0v) is 125. The number of rotatable bonds is 5. The fourth-order valence-corrected chi connectivity index (χ4v) is 223. The number of hydrogen-bond donors (Lipinski definition) is 1. The minimum Gasteiger partial charge on any atom is -0.351 e. The minimum atomic E-state index is -0.364. The summed E-state index contributed by atoms with van der Waals surface area (Å²) < 4.78 is 0.961. The predicted octanol–water partition coefficient (Wildman–Crippen LogP) is 4.47. The molecule has 0 bridgehead atoms. The molecule has 2 aliphatic rings. The number of piperazine rings is 1. The van der Waals surface area contributed by atoms with E-state index in [0.717, 1.165) is 36.1 Å². The van der Waals surface area contributed by atoms with E-state index < -0.39 is 0 Å². The average Bonchev–Trinajstić information content (AvgIpc) is 0.779. The van der Waals surface area contributed by atoms with E-state index in [4.69, 9.17) is 33.1 Å². The molecule has 0 aliphatic carbocycles. The molecule has 91 heteroatoms. The number of pyridine rings is 1. The van der Waals surface area contributed by atoms with Gasteiger partial charge in [-0.2, -0.15) is 0 Å². The minimum absolute atomic E-state index is 0.0273. The molecule has 2 fully saturated rings. The van der Waals surface area contributed by atoms with Gasteiger partial charge in [-0.15, -0.1) is 0 Å². The van der Waals surface area contributed by atoms with Crippen molar-refractivity contribution in [1.29, 1.82) is 0 Å². The number of halogens is 1. The number of nitrogens with zero attached hydrogens (tertiary/aromatic N) is 4. The zero-order valence-electron chi connectivity index (χ0n) is 55.5. The van der Waals surface area contributed by atoms with Crippen LogP contribution in [0.1, 0.15) is 57.3 Å². The molecule has 7 nitrogen and oxygen atoms in total. The van der Waals surface area contributed by atoms with Crippen LogP contribution in [-0.4, -0.2) is 70.4 Å². The quantitative estimate of drug-likeness (QED) is 0.477. The van der Waals surface area contributed by atoms with E-state index in [1.165, 1.54) is 23.3 Å². The largest absolute Gasteiger partial charge is 0.351 e. The second-order valence-electron chi connectivity index (χ2n) is 16.7. The molecule has 0 spiro atoms. The van der Waals surface area contributed by atoms with Crippen molar-refractivity contribution in [3.05, 3.63) is 64.4 Å². The molecule has 2 aromatic rings. The number of hydrogen-bond acceptors (Lipinski definition) is 6. The number of carbonyl (C=O) groups excluding carboxylic acids is 2. The van der Waals surface area contributed by atoms with E-state index in [1.54, 1.807) is 111 Å². The van der Waals surface area contributed by atoms with Crippen LogP contribution < -0.4 is 5.73 Å². The number of aromatic nitrogens is 1. The lowest BCUT2D eigenvalue weighted by Gasteiger charge is -2.49. The first-order chi connectivity index (χ1) is 58.5. The normalized spacial score (nSPS) is 11.8. The molecule has 692 valence electrons. The highest BCUT2D eigenvalue weighted by molar-refractivity contribution is 9.10. The Morgan fingerprint density at radius 2 is 0.597 bits per heavy atom. The van der Waals surface area contributed by atoms with Crippen LogP contribution in [0.15, 0.2) is 53.1 Å². The van der Waals surface area contributed by atoms with Crippen LogP contribution in [0, 0.1) is 11.3 Å². The van der Waals surface area contributed by atoms with Gasteiger partial charge in [-0.25, -0.2) is 4.79 Å². The lowest BCUT2D eigenvalue weighted by atomic mass is 9.82. The average molecular weight is 3220 g/mol. The van der Waals surface area contributed by atoms with Gasteiger partial charge in [-0.1, -0.05) is 51.1 Å². The van der Waals surface area contributed by atoms with Gasteiger partial charge in [0, 0.05) is 798 Å². The van der Waals surface area contributed by atoms with Crippen molar-refractivity contribution >= 4 is 770 Å². The van der Waals surface area contributed by atoms with Gasteiger partial charge in [-0.05, 0) is 57.8 Å². The molecule has 1 aromatic heterocycles. The second-order valence-corrected chi connectivity index (χ2v) is 161. The molecule has 3 amide bonds. The molecule has 4 rings (SSSR count). The molecular formula is C28H38BrN5O2S83. The number of benzene rings is 1. The summed E-state index contributed by atoms with van der Waals surface area (Å²) in [4.78, 5) is 36.1. The monoisotopic (exact) mass is 3210 g/mol. The summed E-state index contributed by atoms with van der Waals surface area (Å²) in [7, 11) is 146. The Labute approximate surface area is 939 Å². The molecule has 2 aliphatic heterocycles. The third kappa shape index (κ3) is 83.5. The maximum absolute atomic E-state index is 13.6. The highest BCUT2D eigenvalue weighted by Gasteiger charge is 2.41. The number of amides is 3. The van der Waals surface area contributed by atoms with Crippen LogP contribution in [0.2, 0.25) is 0 Å². The van der Waals surface area contributed by atoms with Crippen molar-refractivity contribution in [2.24, 2.45) is 17.1 Å². The SMILES string of the molecule is CC(C)(C)[C@H]1CN(C(c2ccccc2)c2ccc(Br)cn2)CCN1C(=O)CC1CCN(C(N)=O)CC1.S=S=S=S=S=S=S=S=S=S=S=S=S=S=S=S=S=S=S=S=S=S=S=S=S=S=S=S=S=S=S=S=S=S=S=S=S=S=S=S=S=S=S=S=S=S=S=S=S=S=S=S=S=S=S=S=S=S=S=S=S=S=S=S=S=S=S=S=S=S=S=S=S=S=S=S=S=S=S=S=S=S=S. The van der Waals surface area contributed by atoms with E-state index in [2.05, 4.69) is 76.8 Å². The predicted molar refractivity (Wildman–Crippen MR) is 757 cm³/mol. The van der Waals surface area contributed by atoms with Crippen molar-refractivity contribution in [2.75, 3.05) is 32.7 Å². The maximum Gasteiger partial charge on any atom is 0.314 e. The zero-order chi connectivity index (χ0) is 85.1. The molecule has 1 unspecified atom stereocenters. The van der Waals surface area contributed by atoms with Gasteiger partial charge in [0.15, 0.2) is 0 Å². The second kappa shape index (κ2) is 101. The summed E-state index contributed by atoms with van der Waals surface area (Å²) in [6.45, 7) is 10.2. The first-order valence-electron chi connectivity index (χ1n) is 26.5. The number of primary amides is 1. The van der Waals surface area contributed by atoms with Crippen LogP contribution >= 0.6 is 15.9 Å². The Hall–Kier alpha value is 15.8.